The first kappa shape index (κ1) is 24.1. The smallest absolute Gasteiger partial charge is 0.266 e. The quantitative estimate of drug-likeness (QED) is 0.379. The molecule has 1 fully saturated rings. The number of nitrogens with one attached hydrogen (secondary N) is 1. The summed E-state index contributed by atoms with van der Waals surface area (Å²) < 4.78 is 8.14. The second kappa shape index (κ2) is 11.0. The highest BCUT2D eigenvalue weighted by atomic mass is 16.5. The molecule has 1 unspecified atom stereocenters. The summed E-state index contributed by atoms with van der Waals surface area (Å²) in [7, 11) is 1.61. The fraction of sp³-hybridized carbons (Fsp3) is 0.320. The van der Waals surface area contributed by atoms with E-state index in [-0.39, 0.29) is 23.9 Å². The van der Waals surface area contributed by atoms with Gasteiger partial charge in [-0.25, -0.2) is 24.3 Å². The Bertz CT molecular complexity index is 1400. The van der Waals surface area contributed by atoms with Gasteiger partial charge in [-0.3, -0.25) is 9.59 Å². The number of benzene rings is 1. The Morgan fingerprint density at radius 3 is 2.73 bits per heavy atom. The summed E-state index contributed by atoms with van der Waals surface area (Å²) >= 11 is 0. The fourth-order valence-electron chi connectivity index (χ4n) is 4.32. The Kier molecular flexibility index (Phi) is 7.15. The number of rotatable bonds is 8. The van der Waals surface area contributed by atoms with Crippen LogP contribution in [-0.2, 0) is 11.3 Å². The predicted octanol–water partition coefficient (Wildman–Crippen LogP) is 1.32. The van der Waals surface area contributed by atoms with Crippen LogP contribution in [0.4, 0.5) is 5.82 Å². The third-order valence-electron chi connectivity index (χ3n) is 6.28. The number of hydrogen-bond donors (Lipinski definition) is 1. The zero-order chi connectivity index (χ0) is 25.6. The molecule has 1 aliphatic rings. The zero-order valence-corrected chi connectivity index (χ0v) is 20.4. The number of hydrogen-bond acceptors (Lipinski definition) is 9. The minimum absolute atomic E-state index is 0.0467. The summed E-state index contributed by atoms with van der Waals surface area (Å²) in [5.41, 5.74) is 1.33. The molecule has 5 rings (SSSR count). The molecule has 12 nitrogen and oxygen atoms in total. The number of aromatic nitrogens is 7. The molecule has 0 aliphatic carbocycles. The van der Waals surface area contributed by atoms with E-state index in [4.69, 9.17) is 4.74 Å². The maximum absolute atomic E-state index is 12.9. The first-order valence-electron chi connectivity index (χ1n) is 12.0. The average molecular weight is 502 g/mol. The Balaban J connectivity index is 1.18. The Morgan fingerprint density at radius 1 is 1.11 bits per heavy atom. The lowest BCUT2D eigenvalue weighted by molar-refractivity contribution is -0.125. The normalized spacial score (nSPS) is 15.4. The van der Waals surface area contributed by atoms with Crippen molar-refractivity contribution in [1.29, 1.82) is 0 Å². The fourth-order valence-corrected chi connectivity index (χ4v) is 4.32. The maximum Gasteiger partial charge on any atom is 0.266 e. The van der Waals surface area contributed by atoms with Gasteiger partial charge in [0.1, 0.15) is 30.5 Å². The summed E-state index contributed by atoms with van der Waals surface area (Å²) in [5, 5.41) is 11.5. The third kappa shape index (κ3) is 5.63. The highest BCUT2D eigenvalue weighted by Crippen LogP contribution is 2.23. The number of methoxy groups -OCH3 is 1. The van der Waals surface area contributed by atoms with E-state index < -0.39 is 0 Å². The zero-order valence-electron chi connectivity index (χ0n) is 20.4. The Morgan fingerprint density at radius 2 is 1.95 bits per heavy atom. The molecule has 1 saturated heterocycles. The molecule has 0 bridgehead atoms. The van der Waals surface area contributed by atoms with Crippen LogP contribution in [0, 0.1) is 5.92 Å². The van der Waals surface area contributed by atoms with E-state index >= 15 is 0 Å². The van der Waals surface area contributed by atoms with E-state index in [0.29, 0.717) is 24.6 Å². The summed E-state index contributed by atoms with van der Waals surface area (Å²) in [4.78, 5) is 39.9. The van der Waals surface area contributed by atoms with E-state index in [1.165, 1.54) is 23.4 Å². The molecular weight excluding hydrogens is 474 g/mol. The second-order valence-corrected chi connectivity index (χ2v) is 8.66. The van der Waals surface area contributed by atoms with Gasteiger partial charge < -0.3 is 15.0 Å². The second-order valence-electron chi connectivity index (χ2n) is 8.66. The Hall–Kier alpha value is -4.61. The predicted molar refractivity (Wildman–Crippen MR) is 135 cm³/mol. The molecule has 12 heteroatoms. The van der Waals surface area contributed by atoms with Crippen molar-refractivity contribution < 1.29 is 9.53 Å². The van der Waals surface area contributed by atoms with Crippen LogP contribution in [0.2, 0.25) is 0 Å². The van der Waals surface area contributed by atoms with Gasteiger partial charge in [0.05, 0.1) is 25.3 Å². The molecule has 1 aliphatic heterocycles. The van der Waals surface area contributed by atoms with Crippen molar-refractivity contribution in [2.75, 3.05) is 31.6 Å². The molecule has 4 aromatic rings. The van der Waals surface area contributed by atoms with Gasteiger partial charge in [0.15, 0.2) is 5.82 Å². The minimum Gasteiger partial charge on any atom is -0.497 e. The number of anilines is 1. The van der Waals surface area contributed by atoms with Crippen LogP contribution >= 0.6 is 0 Å². The van der Waals surface area contributed by atoms with Gasteiger partial charge in [0.2, 0.25) is 5.91 Å². The van der Waals surface area contributed by atoms with Gasteiger partial charge in [-0.2, -0.15) is 10.2 Å². The monoisotopic (exact) mass is 501 g/mol. The topological polar surface area (TPSA) is 133 Å². The molecule has 3 aromatic heterocycles. The SMILES string of the molecule is COc1ccc(-c2ccc(=O)n(CCNC(=O)C3CCCN(c4cc(-n5cncn5)ncn4)C3)n2)cc1. The van der Waals surface area contributed by atoms with Crippen molar-refractivity contribution in [3.05, 3.63) is 71.8 Å². The number of carbonyl (C=O) groups excluding carboxylic acids is 1. The van der Waals surface area contributed by atoms with Gasteiger partial charge >= 0.3 is 0 Å². The lowest BCUT2D eigenvalue weighted by Gasteiger charge is -2.32. The number of amides is 1. The number of carbonyl (C=O) groups is 1. The van der Waals surface area contributed by atoms with Crippen molar-refractivity contribution >= 4 is 11.7 Å². The van der Waals surface area contributed by atoms with Crippen LogP contribution in [0.3, 0.4) is 0 Å². The molecule has 1 aromatic carbocycles. The molecule has 4 heterocycles. The van der Waals surface area contributed by atoms with Gasteiger partial charge in [0, 0.05) is 37.3 Å². The first-order valence-corrected chi connectivity index (χ1v) is 12.0. The van der Waals surface area contributed by atoms with Crippen LogP contribution in [0.1, 0.15) is 12.8 Å². The molecular formula is C25H27N9O3. The molecule has 0 saturated carbocycles. The van der Waals surface area contributed by atoms with Gasteiger partial charge in [0.25, 0.3) is 5.56 Å². The van der Waals surface area contributed by atoms with Crippen LogP contribution in [0.5, 0.6) is 5.75 Å². The van der Waals surface area contributed by atoms with Crippen molar-refractivity contribution in [1.82, 2.24) is 39.8 Å². The average Bonchev–Trinajstić information content (AvgIpc) is 3.50. The van der Waals surface area contributed by atoms with Crippen LogP contribution < -0.4 is 20.5 Å². The van der Waals surface area contributed by atoms with Crippen LogP contribution in [-0.4, -0.2) is 67.2 Å². The highest BCUT2D eigenvalue weighted by Gasteiger charge is 2.26. The van der Waals surface area contributed by atoms with Crippen molar-refractivity contribution in [3.63, 3.8) is 0 Å². The largest absolute Gasteiger partial charge is 0.497 e. The number of piperidine rings is 1. The van der Waals surface area contributed by atoms with E-state index in [1.54, 1.807) is 24.2 Å². The minimum atomic E-state index is -0.220. The van der Waals surface area contributed by atoms with Crippen molar-refractivity contribution in [2.24, 2.45) is 5.92 Å². The van der Waals surface area contributed by atoms with Gasteiger partial charge in [-0.15, -0.1) is 0 Å². The standard InChI is InChI=1S/C25H27N9O3/c1-37-20-6-4-18(5-7-20)21-8-9-24(35)33(31-21)12-10-27-25(36)19-3-2-11-32(14-19)22-13-23(29-16-28-22)34-17-26-15-30-34/h4-9,13,15-17,19H,2-3,10-12,14H2,1H3,(H,27,36). The third-order valence-corrected chi connectivity index (χ3v) is 6.28. The van der Waals surface area contributed by atoms with Crippen molar-refractivity contribution in [3.8, 4) is 22.8 Å². The Labute approximate surface area is 213 Å². The van der Waals surface area contributed by atoms with Crippen molar-refractivity contribution in [2.45, 2.75) is 19.4 Å². The first-order chi connectivity index (χ1) is 18.1. The lowest BCUT2D eigenvalue weighted by Crippen LogP contribution is -2.44. The van der Waals surface area contributed by atoms with E-state index in [2.05, 4.69) is 35.4 Å². The lowest BCUT2D eigenvalue weighted by atomic mass is 9.97. The van der Waals surface area contributed by atoms with Gasteiger partial charge in [-0.1, -0.05) is 0 Å². The summed E-state index contributed by atoms with van der Waals surface area (Å²) in [5.74, 6) is 1.87. The molecule has 1 amide bonds. The highest BCUT2D eigenvalue weighted by molar-refractivity contribution is 5.79. The van der Waals surface area contributed by atoms with Crippen LogP contribution in [0.25, 0.3) is 17.1 Å². The molecule has 37 heavy (non-hydrogen) atoms. The maximum atomic E-state index is 12.9. The van der Waals surface area contributed by atoms with Gasteiger partial charge in [-0.05, 0) is 43.2 Å². The summed E-state index contributed by atoms with van der Waals surface area (Å²) in [6, 6.07) is 12.5. The van der Waals surface area contributed by atoms with E-state index in [9.17, 15) is 9.59 Å². The number of ether oxygens (including phenoxy) is 1. The molecule has 1 N–H and O–H groups in total. The summed E-state index contributed by atoms with van der Waals surface area (Å²) in [6.45, 7) is 1.93. The van der Waals surface area contributed by atoms with E-state index in [0.717, 1.165) is 36.5 Å². The summed E-state index contributed by atoms with van der Waals surface area (Å²) in [6.07, 6.45) is 6.16. The molecule has 0 spiro atoms. The van der Waals surface area contributed by atoms with E-state index in [1.807, 2.05) is 30.3 Å². The molecule has 190 valence electrons. The molecule has 0 radical (unpaired) electrons. The van der Waals surface area contributed by atoms with Crippen LogP contribution in [0.15, 0.2) is 66.2 Å². The molecule has 1 atom stereocenters. The number of nitrogens with zero attached hydrogens (tertiary/aromatic N) is 8.